The van der Waals surface area contributed by atoms with Crippen LogP contribution in [0.1, 0.15) is 11.6 Å². The zero-order valence-corrected chi connectivity index (χ0v) is 12.0. The van der Waals surface area contributed by atoms with Gasteiger partial charge in [0.15, 0.2) is 18.2 Å². The number of azo groups is 1. The molecule has 1 atom stereocenters. The van der Waals surface area contributed by atoms with E-state index >= 15 is 0 Å². The summed E-state index contributed by atoms with van der Waals surface area (Å²) in [5.74, 6) is -0.389. The Balaban J connectivity index is 1.79. The van der Waals surface area contributed by atoms with Crippen LogP contribution >= 0.6 is 0 Å². The molecule has 0 saturated heterocycles. The number of carboxylic acids is 1. The molecule has 114 valence electrons. The fourth-order valence-electron chi connectivity index (χ4n) is 2.07. The van der Waals surface area contributed by atoms with Crippen molar-refractivity contribution >= 4 is 11.7 Å². The highest BCUT2D eigenvalue weighted by molar-refractivity contribution is 5.75. The summed E-state index contributed by atoms with van der Waals surface area (Å²) in [5.41, 5.74) is 2.01. The fourth-order valence-corrected chi connectivity index (χ4v) is 2.07. The minimum atomic E-state index is -1.04. The molecule has 0 fully saturated rings. The van der Waals surface area contributed by atoms with Crippen LogP contribution in [0.5, 0.6) is 0 Å². The van der Waals surface area contributed by atoms with Gasteiger partial charge in [0, 0.05) is 5.56 Å². The van der Waals surface area contributed by atoms with Crippen molar-refractivity contribution in [1.82, 2.24) is 4.98 Å². The molecule has 0 saturated carbocycles. The summed E-state index contributed by atoms with van der Waals surface area (Å²) in [5, 5.41) is 17.3. The number of aliphatic carboxylic acids is 1. The summed E-state index contributed by atoms with van der Waals surface area (Å²) >= 11 is 0. The van der Waals surface area contributed by atoms with Gasteiger partial charge < -0.3 is 9.52 Å². The second kappa shape index (κ2) is 6.65. The average molecular weight is 307 g/mol. The molecule has 2 aromatic carbocycles. The molecule has 0 radical (unpaired) electrons. The molecule has 0 spiro atoms. The maximum absolute atomic E-state index is 11.4. The third-order valence-corrected chi connectivity index (χ3v) is 3.22. The smallest absolute Gasteiger partial charge is 0.335 e. The van der Waals surface area contributed by atoms with Crippen molar-refractivity contribution in [3.63, 3.8) is 0 Å². The Bertz CT molecular complexity index is 797. The molecular weight excluding hydrogens is 294 g/mol. The van der Waals surface area contributed by atoms with Crippen LogP contribution in [0.2, 0.25) is 0 Å². The number of oxazole rings is 1. The first-order valence-corrected chi connectivity index (χ1v) is 6.91. The molecule has 6 nitrogen and oxygen atoms in total. The van der Waals surface area contributed by atoms with Crippen molar-refractivity contribution < 1.29 is 14.3 Å². The first-order chi connectivity index (χ1) is 11.2. The molecule has 0 amide bonds. The lowest BCUT2D eigenvalue weighted by Gasteiger charge is -2.06. The van der Waals surface area contributed by atoms with E-state index in [0.29, 0.717) is 17.0 Å². The molecule has 23 heavy (non-hydrogen) atoms. The summed E-state index contributed by atoms with van der Waals surface area (Å²) in [6, 6.07) is 14.9. The Labute approximate surface area is 132 Å². The van der Waals surface area contributed by atoms with E-state index in [4.69, 9.17) is 4.42 Å². The quantitative estimate of drug-likeness (QED) is 0.714. The van der Waals surface area contributed by atoms with Crippen LogP contribution in [-0.2, 0) is 4.79 Å². The SMILES string of the molecule is O=C(O)C(N=Nc1ccc(-c2cnco2)cc1)c1ccccc1. The highest BCUT2D eigenvalue weighted by atomic mass is 16.4. The predicted octanol–water partition coefficient (Wildman–Crippen LogP) is 4.25. The molecule has 3 aromatic rings. The first-order valence-electron chi connectivity index (χ1n) is 6.91. The van der Waals surface area contributed by atoms with Gasteiger partial charge in [-0.05, 0) is 29.8 Å². The molecule has 1 N–H and O–H groups in total. The molecule has 3 rings (SSSR count). The third kappa shape index (κ3) is 3.49. The van der Waals surface area contributed by atoms with E-state index in [1.54, 1.807) is 42.6 Å². The topological polar surface area (TPSA) is 88.0 Å². The van der Waals surface area contributed by atoms with E-state index in [1.165, 1.54) is 6.39 Å². The van der Waals surface area contributed by atoms with Crippen molar-refractivity contribution in [3.8, 4) is 11.3 Å². The van der Waals surface area contributed by atoms with Crippen molar-refractivity contribution in [2.24, 2.45) is 10.2 Å². The molecule has 0 aliphatic heterocycles. The lowest BCUT2D eigenvalue weighted by atomic mass is 10.1. The maximum atomic E-state index is 11.4. The Morgan fingerprint density at radius 3 is 2.43 bits per heavy atom. The van der Waals surface area contributed by atoms with E-state index in [1.807, 2.05) is 18.2 Å². The van der Waals surface area contributed by atoms with Gasteiger partial charge in [0.05, 0.1) is 11.9 Å². The number of carbonyl (C=O) groups is 1. The largest absolute Gasteiger partial charge is 0.479 e. The first kappa shape index (κ1) is 14.6. The van der Waals surface area contributed by atoms with Crippen molar-refractivity contribution in [2.45, 2.75) is 6.04 Å². The molecule has 0 bridgehead atoms. The predicted molar refractivity (Wildman–Crippen MR) is 83.3 cm³/mol. The molecule has 1 heterocycles. The minimum absolute atomic E-state index is 0.565. The maximum Gasteiger partial charge on any atom is 0.335 e. The summed E-state index contributed by atoms with van der Waals surface area (Å²) in [6.45, 7) is 0. The Morgan fingerprint density at radius 1 is 1.09 bits per heavy atom. The standard InChI is InChI=1S/C17H13N3O3/c21-17(22)16(13-4-2-1-3-5-13)20-19-14-8-6-12(7-9-14)15-10-18-11-23-15/h1-11,16H,(H,21,22). The number of rotatable bonds is 5. The summed E-state index contributed by atoms with van der Waals surface area (Å²) < 4.78 is 5.20. The van der Waals surface area contributed by atoms with Crippen LogP contribution in [0.4, 0.5) is 5.69 Å². The summed E-state index contributed by atoms with van der Waals surface area (Å²) in [4.78, 5) is 15.2. The van der Waals surface area contributed by atoms with Crippen molar-refractivity contribution in [3.05, 3.63) is 72.8 Å². The molecular formula is C17H13N3O3. The van der Waals surface area contributed by atoms with Gasteiger partial charge in [0.1, 0.15) is 0 Å². The number of hydrogen-bond donors (Lipinski definition) is 1. The van der Waals surface area contributed by atoms with Crippen LogP contribution < -0.4 is 0 Å². The number of hydrogen-bond acceptors (Lipinski definition) is 5. The van der Waals surface area contributed by atoms with Gasteiger partial charge in [-0.15, -0.1) is 0 Å². The van der Waals surface area contributed by atoms with Gasteiger partial charge >= 0.3 is 5.97 Å². The van der Waals surface area contributed by atoms with Gasteiger partial charge in [0.2, 0.25) is 0 Å². The third-order valence-electron chi connectivity index (χ3n) is 3.22. The normalized spacial score (nSPS) is 12.3. The highest BCUT2D eigenvalue weighted by Crippen LogP contribution is 2.24. The summed E-state index contributed by atoms with van der Waals surface area (Å²) in [7, 11) is 0. The number of aromatic nitrogens is 1. The Hall–Kier alpha value is -3.28. The van der Waals surface area contributed by atoms with Gasteiger partial charge in [-0.2, -0.15) is 10.2 Å². The lowest BCUT2D eigenvalue weighted by Crippen LogP contribution is -2.08. The van der Waals surface area contributed by atoms with E-state index in [0.717, 1.165) is 5.56 Å². The monoisotopic (exact) mass is 307 g/mol. The highest BCUT2D eigenvalue weighted by Gasteiger charge is 2.18. The number of benzene rings is 2. The Kier molecular flexibility index (Phi) is 4.24. The zero-order valence-electron chi connectivity index (χ0n) is 12.0. The number of nitrogens with zero attached hydrogens (tertiary/aromatic N) is 3. The lowest BCUT2D eigenvalue weighted by molar-refractivity contribution is -0.138. The molecule has 0 aliphatic carbocycles. The van der Waals surface area contributed by atoms with Gasteiger partial charge in [-0.3, -0.25) is 0 Å². The van der Waals surface area contributed by atoms with E-state index in [2.05, 4.69) is 15.2 Å². The Morgan fingerprint density at radius 2 is 1.83 bits per heavy atom. The molecule has 1 unspecified atom stereocenters. The van der Waals surface area contributed by atoms with Crippen LogP contribution in [0, 0.1) is 0 Å². The molecule has 1 aromatic heterocycles. The molecule has 6 heteroatoms. The second-order valence-electron chi connectivity index (χ2n) is 4.78. The minimum Gasteiger partial charge on any atom is -0.479 e. The van der Waals surface area contributed by atoms with E-state index in [-0.39, 0.29) is 0 Å². The number of carboxylic acid groups (broad SMARTS) is 1. The van der Waals surface area contributed by atoms with Crippen LogP contribution in [0.25, 0.3) is 11.3 Å². The van der Waals surface area contributed by atoms with Gasteiger partial charge in [0.25, 0.3) is 0 Å². The van der Waals surface area contributed by atoms with E-state index in [9.17, 15) is 9.90 Å². The van der Waals surface area contributed by atoms with Gasteiger partial charge in [-0.25, -0.2) is 9.78 Å². The summed E-state index contributed by atoms with van der Waals surface area (Å²) in [6.07, 6.45) is 2.98. The second-order valence-corrected chi connectivity index (χ2v) is 4.78. The van der Waals surface area contributed by atoms with Crippen LogP contribution in [-0.4, -0.2) is 16.1 Å². The molecule has 0 aliphatic rings. The van der Waals surface area contributed by atoms with E-state index < -0.39 is 12.0 Å². The van der Waals surface area contributed by atoms with Crippen LogP contribution in [0.3, 0.4) is 0 Å². The van der Waals surface area contributed by atoms with Crippen molar-refractivity contribution in [2.75, 3.05) is 0 Å². The van der Waals surface area contributed by atoms with Crippen LogP contribution in [0.15, 0.2) is 81.8 Å². The van der Waals surface area contributed by atoms with Crippen molar-refractivity contribution in [1.29, 1.82) is 0 Å². The fraction of sp³-hybridized carbons (Fsp3) is 0.0588. The zero-order chi connectivity index (χ0) is 16.1. The van der Waals surface area contributed by atoms with Gasteiger partial charge in [-0.1, -0.05) is 30.3 Å². The average Bonchev–Trinajstić information content (AvgIpc) is 3.11.